The third kappa shape index (κ3) is 1.39. The van der Waals surface area contributed by atoms with Crippen LogP contribution in [-0.4, -0.2) is 10.1 Å². The second-order valence-electron chi connectivity index (χ2n) is 3.90. The lowest BCUT2D eigenvalue weighted by Crippen LogP contribution is -2.15. The highest BCUT2D eigenvalue weighted by Gasteiger charge is 2.32. The van der Waals surface area contributed by atoms with Crippen molar-refractivity contribution in [2.75, 3.05) is 0 Å². The van der Waals surface area contributed by atoms with Gasteiger partial charge in [-0.15, -0.1) is 11.3 Å². The smallest absolute Gasteiger partial charge is 0.0950 e. The Morgan fingerprint density at radius 1 is 1.58 bits per heavy atom. The first-order chi connectivity index (χ1) is 5.59. The Morgan fingerprint density at radius 2 is 2.25 bits per heavy atom. The van der Waals surface area contributed by atoms with Gasteiger partial charge < -0.3 is 5.11 Å². The quantitative estimate of drug-likeness (QED) is 0.762. The molecule has 0 saturated heterocycles. The molecule has 0 aliphatic heterocycles. The lowest BCUT2D eigenvalue weighted by molar-refractivity contribution is 0.0813. The zero-order valence-electron chi connectivity index (χ0n) is 7.37. The van der Waals surface area contributed by atoms with E-state index in [-0.39, 0.29) is 0 Å². The molecule has 0 bridgehead atoms. The molecule has 1 aromatic rings. The van der Waals surface area contributed by atoms with Crippen molar-refractivity contribution < 1.29 is 5.11 Å². The molecule has 2 rings (SSSR count). The van der Waals surface area contributed by atoms with Gasteiger partial charge in [-0.2, -0.15) is 0 Å². The Balaban J connectivity index is 2.36. The van der Waals surface area contributed by atoms with Crippen LogP contribution in [0.4, 0.5) is 0 Å². The van der Waals surface area contributed by atoms with Gasteiger partial charge in [-0.05, 0) is 26.7 Å². The molecule has 66 valence electrons. The molecular weight excluding hydrogens is 170 g/mol. The molecule has 1 fully saturated rings. The Bertz CT molecular complexity index is 283. The molecule has 0 spiro atoms. The second kappa shape index (κ2) is 2.54. The summed E-state index contributed by atoms with van der Waals surface area (Å²) in [5.74, 6) is 0.637. The van der Waals surface area contributed by atoms with Crippen LogP contribution < -0.4 is 0 Å². The normalized spacial score (nSPS) is 18.2. The minimum atomic E-state index is -0.709. The molecule has 1 aliphatic carbocycles. The predicted molar refractivity (Wildman–Crippen MR) is 49.3 cm³/mol. The van der Waals surface area contributed by atoms with E-state index in [1.807, 2.05) is 19.4 Å². The number of rotatable bonds is 2. The molecule has 1 N–H and O–H groups in total. The fraction of sp³-hybridized carbons (Fsp3) is 0.667. The Labute approximate surface area is 76.3 Å². The van der Waals surface area contributed by atoms with E-state index in [0.717, 1.165) is 10.6 Å². The van der Waals surface area contributed by atoms with Gasteiger partial charge in [0, 0.05) is 5.92 Å². The van der Waals surface area contributed by atoms with Gasteiger partial charge in [0.2, 0.25) is 0 Å². The van der Waals surface area contributed by atoms with E-state index < -0.39 is 5.60 Å². The topological polar surface area (TPSA) is 33.1 Å². The van der Waals surface area contributed by atoms with Gasteiger partial charge >= 0.3 is 0 Å². The fourth-order valence-corrected chi connectivity index (χ4v) is 2.26. The lowest BCUT2D eigenvalue weighted by atomic mass is 10.0. The molecule has 2 nitrogen and oxygen atoms in total. The molecule has 1 saturated carbocycles. The molecule has 0 radical (unpaired) electrons. The number of hydrogen-bond donors (Lipinski definition) is 1. The highest BCUT2D eigenvalue weighted by molar-refractivity contribution is 7.09. The molecule has 1 aromatic heterocycles. The van der Waals surface area contributed by atoms with Crippen molar-refractivity contribution in [1.82, 2.24) is 4.98 Å². The summed E-state index contributed by atoms with van der Waals surface area (Å²) >= 11 is 1.56. The van der Waals surface area contributed by atoms with E-state index in [2.05, 4.69) is 4.98 Å². The lowest BCUT2D eigenvalue weighted by Gasteiger charge is -2.16. The van der Waals surface area contributed by atoms with Gasteiger partial charge in [0.1, 0.15) is 0 Å². The third-order valence-electron chi connectivity index (χ3n) is 2.11. The zero-order valence-corrected chi connectivity index (χ0v) is 8.19. The molecule has 0 atom stereocenters. The van der Waals surface area contributed by atoms with Crippen LogP contribution in [0, 0.1) is 0 Å². The van der Waals surface area contributed by atoms with Gasteiger partial charge in [-0.25, -0.2) is 4.98 Å². The van der Waals surface area contributed by atoms with Crippen LogP contribution in [0.5, 0.6) is 0 Å². The van der Waals surface area contributed by atoms with Crippen LogP contribution in [0.1, 0.15) is 43.2 Å². The zero-order chi connectivity index (χ0) is 8.77. The van der Waals surface area contributed by atoms with E-state index in [1.165, 1.54) is 12.8 Å². The number of thiazole rings is 1. The molecule has 0 amide bonds. The number of hydrogen-bond acceptors (Lipinski definition) is 3. The third-order valence-corrected chi connectivity index (χ3v) is 3.27. The van der Waals surface area contributed by atoms with Crippen molar-refractivity contribution in [3.63, 3.8) is 0 Å². The highest BCUT2D eigenvalue weighted by Crippen LogP contribution is 2.44. The van der Waals surface area contributed by atoms with Gasteiger partial charge in [0.15, 0.2) is 0 Å². The minimum absolute atomic E-state index is 0.637. The Morgan fingerprint density at radius 3 is 2.75 bits per heavy atom. The first kappa shape index (κ1) is 8.20. The van der Waals surface area contributed by atoms with Crippen molar-refractivity contribution in [1.29, 1.82) is 0 Å². The first-order valence-electron chi connectivity index (χ1n) is 4.25. The molecule has 1 aliphatic rings. The van der Waals surface area contributed by atoms with Gasteiger partial charge in [0.05, 0.1) is 21.7 Å². The number of aromatic nitrogens is 1. The first-order valence-corrected chi connectivity index (χ1v) is 5.13. The van der Waals surface area contributed by atoms with E-state index in [0.29, 0.717) is 5.92 Å². The molecular formula is C9H13NOS. The van der Waals surface area contributed by atoms with Crippen molar-refractivity contribution in [3.05, 3.63) is 16.1 Å². The van der Waals surface area contributed by atoms with Crippen molar-refractivity contribution in [3.8, 4) is 0 Å². The standard InChI is InChI=1S/C9H13NOS/c1-9(2,11)8-7(6-3-4-6)10-5-12-8/h5-6,11H,3-4H2,1-2H3. The van der Waals surface area contributed by atoms with Crippen molar-refractivity contribution in [2.45, 2.75) is 38.2 Å². The predicted octanol–water partition coefficient (Wildman–Crippen LogP) is 2.25. The summed E-state index contributed by atoms with van der Waals surface area (Å²) in [5, 5.41) is 9.81. The summed E-state index contributed by atoms with van der Waals surface area (Å²) < 4.78 is 0. The van der Waals surface area contributed by atoms with E-state index in [1.54, 1.807) is 11.3 Å². The molecule has 3 heteroatoms. The average molecular weight is 183 g/mol. The van der Waals surface area contributed by atoms with Crippen LogP contribution in [0.3, 0.4) is 0 Å². The number of aliphatic hydroxyl groups is 1. The van der Waals surface area contributed by atoms with Crippen LogP contribution >= 0.6 is 11.3 Å². The molecule has 0 aromatic carbocycles. The van der Waals surface area contributed by atoms with Gasteiger partial charge in [-0.1, -0.05) is 0 Å². The largest absolute Gasteiger partial charge is 0.385 e. The summed E-state index contributed by atoms with van der Waals surface area (Å²) in [7, 11) is 0. The Hall–Kier alpha value is -0.410. The number of nitrogens with zero attached hydrogens (tertiary/aromatic N) is 1. The van der Waals surface area contributed by atoms with Crippen molar-refractivity contribution >= 4 is 11.3 Å². The van der Waals surface area contributed by atoms with Crippen LogP contribution in [0.25, 0.3) is 0 Å². The Kier molecular flexibility index (Phi) is 1.73. The second-order valence-corrected chi connectivity index (χ2v) is 4.75. The summed E-state index contributed by atoms with van der Waals surface area (Å²) in [6.45, 7) is 3.65. The monoisotopic (exact) mass is 183 g/mol. The van der Waals surface area contributed by atoms with E-state index >= 15 is 0 Å². The minimum Gasteiger partial charge on any atom is -0.385 e. The van der Waals surface area contributed by atoms with E-state index in [4.69, 9.17) is 0 Å². The fourth-order valence-electron chi connectivity index (χ4n) is 1.36. The highest BCUT2D eigenvalue weighted by atomic mass is 32.1. The van der Waals surface area contributed by atoms with Gasteiger partial charge in [0.25, 0.3) is 0 Å². The summed E-state index contributed by atoms with van der Waals surface area (Å²) in [6.07, 6.45) is 2.49. The van der Waals surface area contributed by atoms with Crippen LogP contribution in [0.15, 0.2) is 5.51 Å². The SMILES string of the molecule is CC(C)(O)c1scnc1C1CC1. The average Bonchev–Trinajstić information content (AvgIpc) is 2.65. The van der Waals surface area contributed by atoms with Crippen LogP contribution in [-0.2, 0) is 5.60 Å². The summed E-state index contributed by atoms with van der Waals surface area (Å²) in [4.78, 5) is 5.35. The maximum absolute atomic E-state index is 9.81. The molecule has 1 heterocycles. The van der Waals surface area contributed by atoms with E-state index in [9.17, 15) is 5.11 Å². The summed E-state index contributed by atoms with van der Waals surface area (Å²) in [5.41, 5.74) is 2.26. The molecule has 12 heavy (non-hydrogen) atoms. The maximum atomic E-state index is 9.81. The van der Waals surface area contributed by atoms with Crippen LogP contribution in [0.2, 0.25) is 0 Å². The van der Waals surface area contributed by atoms with Gasteiger partial charge in [-0.3, -0.25) is 0 Å². The summed E-state index contributed by atoms with van der Waals surface area (Å²) in [6, 6.07) is 0. The maximum Gasteiger partial charge on any atom is 0.0950 e. The van der Waals surface area contributed by atoms with Crippen molar-refractivity contribution in [2.24, 2.45) is 0 Å². The molecule has 0 unspecified atom stereocenters.